The molecule has 0 spiro atoms. The van der Waals surface area contributed by atoms with Crippen molar-refractivity contribution in [3.8, 4) is 0 Å². The molecule has 0 saturated heterocycles. The van der Waals surface area contributed by atoms with Gasteiger partial charge in [-0.1, -0.05) is 19.1 Å². The van der Waals surface area contributed by atoms with E-state index in [0.717, 1.165) is 5.56 Å². The van der Waals surface area contributed by atoms with Crippen molar-refractivity contribution in [2.75, 3.05) is 5.32 Å². The molecular weight excluding hydrogens is 194 g/mol. The fourth-order valence-corrected chi connectivity index (χ4v) is 1.40. The van der Waals surface area contributed by atoms with E-state index < -0.39 is 5.97 Å². The predicted octanol–water partition coefficient (Wildman–Crippen LogP) is 1.91. The van der Waals surface area contributed by atoms with Crippen LogP contribution in [-0.4, -0.2) is 17.0 Å². The van der Waals surface area contributed by atoms with E-state index in [2.05, 4.69) is 5.32 Å². The second kappa shape index (κ2) is 4.59. The molecule has 15 heavy (non-hydrogen) atoms. The molecular formula is C11H13NO3. The Bertz CT molecular complexity index is 399. The van der Waals surface area contributed by atoms with E-state index in [0.29, 0.717) is 12.1 Å². The fourth-order valence-electron chi connectivity index (χ4n) is 1.40. The number of carboxylic acid groups (broad SMARTS) is 1. The van der Waals surface area contributed by atoms with E-state index in [-0.39, 0.29) is 11.5 Å². The summed E-state index contributed by atoms with van der Waals surface area (Å²) in [7, 11) is 0. The average molecular weight is 207 g/mol. The summed E-state index contributed by atoms with van der Waals surface area (Å²) in [5.74, 6) is -1.30. The zero-order valence-electron chi connectivity index (χ0n) is 8.70. The van der Waals surface area contributed by atoms with Crippen LogP contribution in [0.2, 0.25) is 0 Å². The molecule has 1 aromatic rings. The molecule has 2 N–H and O–H groups in total. The average Bonchev–Trinajstić information content (AvgIpc) is 2.16. The van der Waals surface area contributed by atoms with Gasteiger partial charge in [0.15, 0.2) is 0 Å². The van der Waals surface area contributed by atoms with E-state index in [1.165, 1.54) is 13.0 Å². The van der Waals surface area contributed by atoms with Gasteiger partial charge in [0.05, 0.1) is 11.3 Å². The Morgan fingerprint density at radius 3 is 2.53 bits per heavy atom. The van der Waals surface area contributed by atoms with Crippen molar-refractivity contribution >= 4 is 17.6 Å². The van der Waals surface area contributed by atoms with Gasteiger partial charge in [0.2, 0.25) is 5.91 Å². The minimum Gasteiger partial charge on any atom is -0.478 e. The number of aromatic carboxylic acids is 1. The Hall–Kier alpha value is -1.84. The van der Waals surface area contributed by atoms with Crippen LogP contribution in [0.3, 0.4) is 0 Å². The van der Waals surface area contributed by atoms with Gasteiger partial charge in [-0.15, -0.1) is 0 Å². The highest BCUT2D eigenvalue weighted by molar-refractivity contribution is 6.00. The number of amides is 1. The summed E-state index contributed by atoms with van der Waals surface area (Å²) in [5, 5.41) is 11.5. The van der Waals surface area contributed by atoms with Crippen molar-refractivity contribution in [2.45, 2.75) is 20.3 Å². The van der Waals surface area contributed by atoms with Gasteiger partial charge in [-0.05, 0) is 18.1 Å². The lowest BCUT2D eigenvalue weighted by Crippen LogP contribution is -2.12. The SMILES string of the molecule is CCc1cccc(C(=O)O)c1NC(C)=O. The summed E-state index contributed by atoms with van der Waals surface area (Å²) < 4.78 is 0. The number of benzene rings is 1. The highest BCUT2D eigenvalue weighted by atomic mass is 16.4. The first-order valence-corrected chi connectivity index (χ1v) is 4.69. The highest BCUT2D eigenvalue weighted by Crippen LogP contribution is 2.21. The largest absolute Gasteiger partial charge is 0.478 e. The number of carboxylic acids is 1. The van der Waals surface area contributed by atoms with Gasteiger partial charge in [-0.3, -0.25) is 4.79 Å². The van der Waals surface area contributed by atoms with E-state index in [1.807, 2.05) is 6.92 Å². The number of carbonyl (C=O) groups is 2. The first-order chi connectivity index (χ1) is 7.06. The van der Waals surface area contributed by atoms with Crippen molar-refractivity contribution in [3.05, 3.63) is 29.3 Å². The molecule has 0 heterocycles. The number of anilines is 1. The fraction of sp³-hybridized carbons (Fsp3) is 0.273. The van der Waals surface area contributed by atoms with Crippen LogP contribution in [0.5, 0.6) is 0 Å². The predicted molar refractivity (Wildman–Crippen MR) is 57.1 cm³/mol. The molecule has 0 bridgehead atoms. The minimum atomic E-state index is -1.03. The number of hydrogen-bond donors (Lipinski definition) is 2. The second-order valence-corrected chi connectivity index (χ2v) is 3.18. The van der Waals surface area contributed by atoms with Gasteiger partial charge >= 0.3 is 5.97 Å². The van der Waals surface area contributed by atoms with Gasteiger partial charge in [0.1, 0.15) is 0 Å². The number of hydrogen-bond acceptors (Lipinski definition) is 2. The third-order valence-corrected chi connectivity index (χ3v) is 2.06. The van der Waals surface area contributed by atoms with E-state index >= 15 is 0 Å². The first kappa shape index (κ1) is 11.2. The molecule has 4 heteroatoms. The van der Waals surface area contributed by atoms with Gasteiger partial charge < -0.3 is 10.4 Å². The number of aryl methyl sites for hydroxylation is 1. The molecule has 0 atom stereocenters. The van der Waals surface area contributed by atoms with E-state index in [1.54, 1.807) is 12.1 Å². The Morgan fingerprint density at radius 2 is 2.07 bits per heavy atom. The molecule has 0 aliphatic rings. The quantitative estimate of drug-likeness (QED) is 0.795. The van der Waals surface area contributed by atoms with Crippen molar-refractivity contribution in [3.63, 3.8) is 0 Å². The molecule has 0 saturated carbocycles. The maximum Gasteiger partial charge on any atom is 0.337 e. The van der Waals surface area contributed by atoms with Crippen LogP contribution < -0.4 is 5.32 Å². The van der Waals surface area contributed by atoms with Crippen LogP contribution in [0.25, 0.3) is 0 Å². The molecule has 1 amide bonds. The number of rotatable bonds is 3. The van der Waals surface area contributed by atoms with E-state index in [4.69, 9.17) is 5.11 Å². The summed E-state index contributed by atoms with van der Waals surface area (Å²) >= 11 is 0. The zero-order valence-corrected chi connectivity index (χ0v) is 8.70. The lowest BCUT2D eigenvalue weighted by Gasteiger charge is -2.11. The molecule has 4 nitrogen and oxygen atoms in total. The van der Waals surface area contributed by atoms with Gasteiger partial charge in [-0.2, -0.15) is 0 Å². The molecule has 0 unspecified atom stereocenters. The summed E-state index contributed by atoms with van der Waals surface area (Å²) in [4.78, 5) is 21.9. The molecule has 0 aromatic heterocycles. The van der Waals surface area contributed by atoms with Crippen molar-refractivity contribution in [1.29, 1.82) is 0 Å². The van der Waals surface area contributed by atoms with Gasteiger partial charge in [0, 0.05) is 6.92 Å². The van der Waals surface area contributed by atoms with Crippen LogP contribution in [-0.2, 0) is 11.2 Å². The van der Waals surface area contributed by atoms with Crippen molar-refractivity contribution in [2.24, 2.45) is 0 Å². The summed E-state index contributed by atoms with van der Waals surface area (Å²) in [6.45, 7) is 3.27. The highest BCUT2D eigenvalue weighted by Gasteiger charge is 2.13. The number of para-hydroxylation sites is 1. The topological polar surface area (TPSA) is 66.4 Å². The van der Waals surface area contributed by atoms with Crippen LogP contribution >= 0.6 is 0 Å². The summed E-state index contributed by atoms with van der Waals surface area (Å²) in [6, 6.07) is 4.96. The molecule has 0 fully saturated rings. The smallest absolute Gasteiger partial charge is 0.337 e. The standard InChI is InChI=1S/C11H13NO3/c1-3-8-5-4-6-9(11(14)15)10(8)12-7(2)13/h4-6H,3H2,1-2H3,(H,12,13)(H,14,15). The molecule has 1 rings (SSSR count). The lowest BCUT2D eigenvalue weighted by molar-refractivity contribution is -0.114. The monoisotopic (exact) mass is 207 g/mol. The number of nitrogens with one attached hydrogen (secondary N) is 1. The zero-order chi connectivity index (χ0) is 11.4. The summed E-state index contributed by atoms with van der Waals surface area (Å²) in [6.07, 6.45) is 0.677. The maximum atomic E-state index is 11.0. The van der Waals surface area contributed by atoms with Crippen LogP contribution in [0.1, 0.15) is 29.8 Å². The minimum absolute atomic E-state index is 0.129. The normalized spacial score (nSPS) is 9.73. The van der Waals surface area contributed by atoms with Crippen LogP contribution in [0.4, 0.5) is 5.69 Å². The first-order valence-electron chi connectivity index (χ1n) is 4.69. The molecule has 80 valence electrons. The maximum absolute atomic E-state index is 11.0. The lowest BCUT2D eigenvalue weighted by atomic mass is 10.0. The molecule has 0 aliphatic heterocycles. The third kappa shape index (κ3) is 2.56. The Kier molecular flexibility index (Phi) is 3.44. The third-order valence-electron chi connectivity index (χ3n) is 2.06. The number of carbonyl (C=O) groups excluding carboxylic acids is 1. The van der Waals surface area contributed by atoms with Crippen molar-refractivity contribution < 1.29 is 14.7 Å². The Balaban J connectivity index is 3.26. The Morgan fingerprint density at radius 1 is 1.40 bits per heavy atom. The second-order valence-electron chi connectivity index (χ2n) is 3.18. The molecule has 1 aromatic carbocycles. The molecule has 0 aliphatic carbocycles. The van der Waals surface area contributed by atoms with Crippen LogP contribution in [0, 0.1) is 0 Å². The van der Waals surface area contributed by atoms with Crippen LogP contribution in [0.15, 0.2) is 18.2 Å². The van der Waals surface area contributed by atoms with Gasteiger partial charge in [-0.25, -0.2) is 4.79 Å². The summed E-state index contributed by atoms with van der Waals surface area (Å²) in [5.41, 5.74) is 1.36. The Labute approximate surface area is 87.9 Å². The molecule has 0 radical (unpaired) electrons. The van der Waals surface area contributed by atoms with Crippen molar-refractivity contribution in [1.82, 2.24) is 0 Å². The van der Waals surface area contributed by atoms with E-state index in [9.17, 15) is 9.59 Å². The van der Waals surface area contributed by atoms with Gasteiger partial charge in [0.25, 0.3) is 0 Å².